The van der Waals surface area contributed by atoms with Crippen molar-refractivity contribution in [3.8, 4) is 0 Å². The predicted molar refractivity (Wildman–Crippen MR) is 240 cm³/mol. The summed E-state index contributed by atoms with van der Waals surface area (Å²) in [6, 6.07) is 18.3. The molecule has 0 saturated carbocycles. The molecule has 0 aliphatic carbocycles. The van der Waals surface area contributed by atoms with Crippen molar-refractivity contribution >= 4 is 64.1 Å². The molecule has 0 bridgehead atoms. The first-order valence-electron chi connectivity index (χ1n) is 21.5. The Morgan fingerprint density at radius 3 is 2.06 bits per heavy atom. The van der Waals surface area contributed by atoms with Crippen molar-refractivity contribution in [2.24, 2.45) is 5.73 Å². The maximum atomic E-state index is 14.2. The summed E-state index contributed by atoms with van der Waals surface area (Å²) in [5.41, 5.74) is 8.56. The van der Waals surface area contributed by atoms with Crippen molar-refractivity contribution in [1.29, 1.82) is 0 Å². The van der Waals surface area contributed by atoms with E-state index in [4.69, 9.17) is 10.5 Å². The molecule has 20 nitrogen and oxygen atoms in total. The Bertz CT molecular complexity index is 2340. The molecule has 3 unspecified atom stereocenters. The number of primary amides is 1. The quantitative estimate of drug-likeness (QED) is 0.0829. The number of carbonyl (C=O) groups is 9. The molecule has 0 spiro atoms. The van der Waals surface area contributed by atoms with Gasteiger partial charge in [0.25, 0.3) is 0 Å². The summed E-state index contributed by atoms with van der Waals surface area (Å²) >= 11 is 0. The number of rotatable bonds is 12. The van der Waals surface area contributed by atoms with Crippen molar-refractivity contribution in [2.45, 2.75) is 82.3 Å². The van der Waals surface area contributed by atoms with Crippen LogP contribution in [0, 0.1) is 0 Å². The second-order valence-electron chi connectivity index (χ2n) is 15.8. The van der Waals surface area contributed by atoms with E-state index in [1.165, 1.54) is 6.92 Å². The van der Waals surface area contributed by atoms with Crippen LogP contribution in [0.5, 0.6) is 0 Å². The van der Waals surface area contributed by atoms with Gasteiger partial charge in [0.2, 0.25) is 53.2 Å². The van der Waals surface area contributed by atoms with Crippen LogP contribution in [0.4, 0.5) is 0 Å². The van der Waals surface area contributed by atoms with E-state index < -0.39 is 109 Å². The van der Waals surface area contributed by atoms with Crippen molar-refractivity contribution in [1.82, 2.24) is 47.5 Å². The standard InChI is InChI=1S/C46H56N10O10/c1-28(57)49-24-40(59)53-37-22-39(58)48-19-11-10-18-34(42(47)61)54-44(63)36(21-31-23-50-33-17-9-8-16-32(31)33)52-41(60)25-51-43(62)35(20-29-12-4-2-5-13-29)55-46(65)38(56-45(37)64)27-66-26-30-14-6-3-7-15-30/h2-9,12-17,23,34-38,50H,10-11,18-22,24-27H2,1H3,(H2,47,61)(H,48,58)(H,49,57)(H,51,62)(H,52,60)(H,53,59)(H,54,63)(H,55,65)(H,56,64)/t34?,35?,36-,37?,38-/m0/s1. The highest BCUT2D eigenvalue weighted by Crippen LogP contribution is 2.19. The number of aromatic amines is 1. The zero-order chi connectivity index (χ0) is 47.4. The molecule has 1 saturated heterocycles. The van der Waals surface area contributed by atoms with Gasteiger partial charge in [-0.2, -0.15) is 0 Å². The van der Waals surface area contributed by atoms with Gasteiger partial charge in [0.15, 0.2) is 0 Å². The van der Waals surface area contributed by atoms with Gasteiger partial charge in [0, 0.05) is 43.4 Å². The Morgan fingerprint density at radius 1 is 0.697 bits per heavy atom. The highest BCUT2D eigenvalue weighted by molar-refractivity contribution is 5.98. The molecule has 4 aromatic rings. The van der Waals surface area contributed by atoms with Crippen LogP contribution in [0.1, 0.15) is 49.3 Å². The van der Waals surface area contributed by atoms with E-state index in [2.05, 4.69) is 47.5 Å². The van der Waals surface area contributed by atoms with Crippen molar-refractivity contribution < 1.29 is 47.9 Å². The molecule has 20 heteroatoms. The fraction of sp³-hybridized carbons (Fsp3) is 0.370. The lowest BCUT2D eigenvalue weighted by atomic mass is 10.0. The van der Waals surface area contributed by atoms with Gasteiger partial charge in [-0.05, 0) is 42.0 Å². The Labute approximate surface area is 380 Å². The van der Waals surface area contributed by atoms with Crippen LogP contribution < -0.4 is 48.3 Å². The van der Waals surface area contributed by atoms with Crippen LogP contribution in [0.2, 0.25) is 0 Å². The van der Waals surface area contributed by atoms with Gasteiger partial charge in [-0.25, -0.2) is 0 Å². The van der Waals surface area contributed by atoms with Gasteiger partial charge in [0.05, 0.1) is 32.7 Å². The molecule has 350 valence electrons. The average Bonchev–Trinajstić information content (AvgIpc) is 3.71. The monoisotopic (exact) mass is 908 g/mol. The van der Waals surface area contributed by atoms with Crippen molar-refractivity contribution in [3.63, 3.8) is 0 Å². The second kappa shape index (κ2) is 25.0. The molecule has 5 atom stereocenters. The van der Waals surface area contributed by atoms with Crippen LogP contribution in [0.3, 0.4) is 0 Å². The van der Waals surface area contributed by atoms with Gasteiger partial charge in [-0.1, -0.05) is 78.9 Å². The third-order valence-electron chi connectivity index (χ3n) is 10.6. The third kappa shape index (κ3) is 15.9. The number of hydrogen-bond donors (Lipinski definition) is 10. The fourth-order valence-corrected chi connectivity index (χ4v) is 7.10. The number of aromatic nitrogens is 1. The fourth-order valence-electron chi connectivity index (χ4n) is 7.10. The third-order valence-corrected chi connectivity index (χ3v) is 10.6. The minimum Gasteiger partial charge on any atom is -0.374 e. The summed E-state index contributed by atoms with van der Waals surface area (Å²) in [7, 11) is 0. The van der Waals surface area contributed by atoms with Gasteiger partial charge in [0.1, 0.15) is 30.2 Å². The molecule has 1 aliphatic rings. The number of H-pyrrole nitrogens is 1. The van der Waals surface area contributed by atoms with E-state index in [-0.39, 0.29) is 32.4 Å². The first-order chi connectivity index (χ1) is 31.7. The highest BCUT2D eigenvalue weighted by atomic mass is 16.5. The van der Waals surface area contributed by atoms with Crippen LogP contribution in [-0.2, 0) is 67.3 Å². The molecule has 3 aromatic carbocycles. The first-order valence-corrected chi connectivity index (χ1v) is 21.5. The molecule has 0 radical (unpaired) electrons. The molecule has 66 heavy (non-hydrogen) atoms. The van der Waals surface area contributed by atoms with E-state index in [0.29, 0.717) is 24.0 Å². The smallest absolute Gasteiger partial charge is 0.245 e. The number of hydrogen-bond acceptors (Lipinski definition) is 10. The van der Waals surface area contributed by atoms with E-state index in [1.54, 1.807) is 60.8 Å². The number of nitrogens with two attached hydrogens (primary N) is 1. The SMILES string of the molecule is CC(=O)NCC(=O)NC1CC(=O)NCCCCC(C(N)=O)NC(=O)[C@H](Cc2c[nH]c3ccccc23)NC(=O)CNC(=O)C(Cc2ccccc2)NC(=O)[C@H](COCc2ccccc2)NC1=O. The summed E-state index contributed by atoms with van der Waals surface area (Å²) in [6.45, 7) is -0.270. The predicted octanol–water partition coefficient (Wildman–Crippen LogP) is -0.978. The summed E-state index contributed by atoms with van der Waals surface area (Å²) in [6.07, 6.45) is 1.72. The Morgan fingerprint density at radius 2 is 1.35 bits per heavy atom. The summed E-state index contributed by atoms with van der Waals surface area (Å²) < 4.78 is 5.86. The zero-order valence-corrected chi connectivity index (χ0v) is 36.5. The minimum absolute atomic E-state index is 0.00607. The van der Waals surface area contributed by atoms with Gasteiger partial charge < -0.3 is 58.0 Å². The van der Waals surface area contributed by atoms with E-state index in [9.17, 15) is 43.2 Å². The number of amides is 9. The van der Waals surface area contributed by atoms with Gasteiger partial charge >= 0.3 is 0 Å². The Balaban J connectivity index is 1.44. The molecular formula is C46H56N10O10. The minimum atomic E-state index is -1.55. The Hall–Kier alpha value is -7.61. The summed E-state index contributed by atoms with van der Waals surface area (Å²) in [4.78, 5) is 123. The lowest BCUT2D eigenvalue weighted by molar-refractivity contribution is -0.136. The Kier molecular flexibility index (Phi) is 18.7. The second-order valence-corrected chi connectivity index (χ2v) is 15.8. The number of fused-ring (bicyclic) bond motifs is 1. The van der Waals surface area contributed by atoms with Gasteiger partial charge in [-0.3, -0.25) is 43.2 Å². The number of nitrogens with one attached hydrogen (secondary N) is 9. The molecule has 11 N–H and O–H groups in total. The van der Waals surface area contributed by atoms with Crippen LogP contribution in [0.15, 0.2) is 91.1 Å². The normalized spacial score (nSPS) is 20.9. The number of carbonyl (C=O) groups excluding carboxylic acids is 9. The van der Waals surface area contributed by atoms with Crippen LogP contribution in [-0.4, -0.2) is 115 Å². The summed E-state index contributed by atoms with van der Waals surface area (Å²) in [5.74, 6) is -6.90. The molecule has 9 amide bonds. The largest absolute Gasteiger partial charge is 0.374 e. The van der Waals surface area contributed by atoms with E-state index in [1.807, 2.05) is 30.3 Å². The van der Waals surface area contributed by atoms with E-state index >= 15 is 0 Å². The highest BCUT2D eigenvalue weighted by Gasteiger charge is 2.32. The number of para-hydroxylation sites is 1. The van der Waals surface area contributed by atoms with Crippen LogP contribution in [0.25, 0.3) is 10.9 Å². The van der Waals surface area contributed by atoms with Crippen molar-refractivity contribution in [3.05, 3.63) is 108 Å². The van der Waals surface area contributed by atoms with Gasteiger partial charge in [-0.15, -0.1) is 0 Å². The summed E-state index contributed by atoms with van der Waals surface area (Å²) in [5, 5.41) is 21.3. The number of ether oxygens (including phenoxy) is 1. The molecule has 1 aliphatic heterocycles. The molecule has 2 heterocycles. The molecule has 1 aromatic heterocycles. The zero-order valence-electron chi connectivity index (χ0n) is 36.5. The lowest BCUT2D eigenvalue weighted by Crippen LogP contribution is -2.59. The topological polar surface area (TPSA) is 301 Å². The first kappa shape index (κ1) is 49.4. The van der Waals surface area contributed by atoms with Crippen LogP contribution >= 0.6 is 0 Å². The van der Waals surface area contributed by atoms with E-state index in [0.717, 1.165) is 16.5 Å². The van der Waals surface area contributed by atoms with Crippen molar-refractivity contribution in [2.75, 3.05) is 26.2 Å². The average molecular weight is 909 g/mol. The number of benzene rings is 3. The maximum absolute atomic E-state index is 14.2. The lowest BCUT2D eigenvalue weighted by Gasteiger charge is -2.25. The molecule has 1 fully saturated rings. The molecular weight excluding hydrogens is 853 g/mol. The molecule has 5 rings (SSSR count). The maximum Gasteiger partial charge on any atom is 0.245 e.